The van der Waals surface area contributed by atoms with Gasteiger partial charge < -0.3 is 5.11 Å². The van der Waals surface area contributed by atoms with Gasteiger partial charge in [0.2, 0.25) is 5.91 Å². The molecule has 0 atom stereocenters. The zero-order valence-corrected chi connectivity index (χ0v) is 11.3. The summed E-state index contributed by atoms with van der Waals surface area (Å²) in [6, 6.07) is 3.63. The Kier molecular flexibility index (Phi) is 7.64. The quantitative estimate of drug-likeness (QED) is 0.410. The Labute approximate surface area is 117 Å². The Balaban J connectivity index is 2.06. The van der Waals surface area contributed by atoms with Crippen LogP contribution in [0.25, 0.3) is 0 Å². The van der Waals surface area contributed by atoms with Crippen molar-refractivity contribution in [1.82, 2.24) is 10.4 Å². The first kappa shape index (κ1) is 15.8. The largest absolute Gasteiger partial charge is 0.481 e. The highest BCUT2D eigenvalue weighted by molar-refractivity contribution is 5.81. The highest BCUT2D eigenvalue weighted by atomic mass is 16.4. The number of aromatic nitrogens is 1. The second-order valence-electron chi connectivity index (χ2n) is 4.39. The molecule has 108 valence electrons. The number of aliphatic carboxylic acids is 1. The first-order valence-electron chi connectivity index (χ1n) is 6.62. The second-order valence-corrected chi connectivity index (χ2v) is 4.39. The third-order valence-electron chi connectivity index (χ3n) is 2.63. The SMILES string of the molecule is O=C(O)CCCCCCC(=O)N/N=C/c1cccnc1. The molecule has 0 aliphatic rings. The van der Waals surface area contributed by atoms with E-state index in [2.05, 4.69) is 15.5 Å². The number of nitrogens with zero attached hydrogens (tertiary/aromatic N) is 2. The van der Waals surface area contributed by atoms with E-state index in [1.54, 1.807) is 18.5 Å². The van der Waals surface area contributed by atoms with Gasteiger partial charge >= 0.3 is 5.97 Å². The smallest absolute Gasteiger partial charge is 0.303 e. The van der Waals surface area contributed by atoms with Gasteiger partial charge in [-0.05, 0) is 18.9 Å². The molecule has 0 spiro atoms. The molecular formula is C14H19N3O3. The van der Waals surface area contributed by atoms with Gasteiger partial charge in [0.25, 0.3) is 0 Å². The number of amides is 1. The number of carbonyl (C=O) groups is 2. The molecule has 0 unspecified atom stereocenters. The Bertz CT molecular complexity index is 446. The van der Waals surface area contributed by atoms with E-state index >= 15 is 0 Å². The van der Waals surface area contributed by atoms with Crippen LogP contribution in [0.2, 0.25) is 0 Å². The second kappa shape index (κ2) is 9.66. The van der Waals surface area contributed by atoms with E-state index in [0.717, 1.165) is 24.8 Å². The van der Waals surface area contributed by atoms with Gasteiger partial charge in [0, 0.05) is 30.8 Å². The molecule has 6 heteroatoms. The molecule has 1 rings (SSSR count). The third kappa shape index (κ3) is 7.97. The van der Waals surface area contributed by atoms with Crippen LogP contribution >= 0.6 is 0 Å². The summed E-state index contributed by atoms with van der Waals surface area (Å²) >= 11 is 0. The molecule has 0 aliphatic heterocycles. The van der Waals surface area contributed by atoms with Crippen molar-refractivity contribution in [3.8, 4) is 0 Å². The van der Waals surface area contributed by atoms with Crippen LogP contribution in [0.15, 0.2) is 29.6 Å². The molecule has 0 saturated heterocycles. The molecule has 0 saturated carbocycles. The molecule has 0 bridgehead atoms. The molecule has 1 aromatic heterocycles. The summed E-state index contributed by atoms with van der Waals surface area (Å²) in [6.45, 7) is 0. The fourth-order valence-corrected chi connectivity index (χ4v) is 1.60. The maximum absolute atomic E-state index is 11.4. The van der Waals surface area contributed by atoms with Crippen molar-refractivity contribution in [2.24, 2.45) is 5.10 Å². The van der Waals surface area contributed by atoms with Crippen LogP contribution in [0.1, 0.15) is 44.1 Å². The number of unbranched alkanes of at least 4 members (excludes halogenated alkanes) is 3. The van der Waals surface area contributed by atoms with E-state index in [9.17, 15) is 9.59 Å². The predicted molar refractivity (Wildman–Crippen MR) is 75.3 cm³/mol. The van der Waals surface area contributed by atoms with Gasteiger partial charge in [-0.25, -0.2) is 5.43 Å². The number of hydrogen-bond acceptors (Lipinski definition) is 4. The van der Waals surface area contributed by atoms with Crippen LogP contribution in [0.5, 0.6) is 0 Å². The topological polar surface area (TPSA) is 91.6 Å². The van der Waals surface area contributed by atoms with Crippen LogP contribution < -0.4 is 5.43 Å². The average molecular weight is 277 g/mol. The number of hydrogen-bond donors (Lipinski definition) is 2. The summed E-state index contributed by atoms with van der Waals surface area (Å²) in [5, 5.41) is 12.3. The monoisotopic (exact) mass is 277 g/mol. The first-order valence-corrected chi connectivity index (χ1v) is 6.62. The number of rotatable bonds is 9. The Morgan fingerprint density at radius 3 is 2.65 bits per heavy atom. The van der Waals surface area contributed by atoms with Crippen LogP contribution in [0.4, 0.5) is 0 Å². The van der Waals surface area contributed by atoms with Crippen molar-refractivity contribution in [2.45, 2.75) is 38.5 Å². The van der Waals surface area contributed by atoms with Crippen molar-refractivity contribution >= 4 is 18.1 Å². The van der Waals surface area contributed by atoms with Crippen LogP contribution in [-0.4, -0.2) is 28.2 Å². The maximum atomic E-state index is 11.4. The van der Waals surface area contributed by atoms with Gasteiger partial charge in [-0.1, -0.05) is 18.9 Å². The minimum atomic E-state index is -0.771. The lowest BCUT2D eigenvalue weighted by Crippen LogP contribution is -2.16. The molecule has 0 aliphatic carbocycles. The van der Waals surface area contributed by atoms with E-state index in [1.807, 2.05) is 6.07 Å². The van der Waals surface area contributed by atoms with Crippen LogP contribution in [0.3, 0.4) is 0 Å². The normalized spacial score (nSPS) is 10.6. The summed E-state index contributed by atoms with van der Waals surface area (Å²) in [5.74, 6) is -0.907. The van der Waals surface area contributed by atoms with Crippen LogP contribution in [0, 0.1) is 0 Å². The fraction of sp³-hybridized carbons (Fsp3) is 0.429. The summed E-state index contributed by atoms with van der Waals surface area (Å²) in [7, 11) is 0. The molecule has 20 heavy (non-hydrogen) atoms. The minimum absolute atomic E-state index is 0.136. The van der Waals surface area contributed by atoms with Gasteiger partial charge in [0.1, 0.15) is 0 Å². The molecule has 0 fully saturated rings. The van der Waals surface area contributed by atoms with E-state index in [-0.39, 0.29) is 12.3 Å². The summed E-state index contributed by atoms with van der Waals surface area (Å²) in [6.07, 6.45) is 8.55. The van der Waals surface area contributed by atoms with Crippen LogP contribution in [-0.2, 0) is 9.59 Å². The van der Waals surface area contributed by atoms with Crippen molar-refractivity contribution in [3.63, 3.8) is 0 Å². The van der Waals surface area contributed by atoms with Gasteiger partial charge in [0.15, 0.2) is 0 Å². The van der Waals surface area contributed by atoms with Gasteiger partial charge in [-0.3, -0.25) is 14.6 Å². The zero-order chi connectivity index (χ0) is 14.6. The van der Waals surface area contributed by atoms with Gasteiger partial charge in [-0.2, -0.15) is 5.10 Å². The molecule has 1 heterocycles. The van der Waals surface area contributed by atoms with Crippen molar-refractivity contribution in [1.29, 1.82) is 0 Å². The number of carboxylic acids is 1. The number of hydrazone groups is 1. The standard InChI is InChI=1S/C14H19N3O3/c18-13(7-3-1-2-4-8-14(19)20)17-16-11-12-6-5-9-15-10-12/h5-6,9-11H,1-4,7-8H2,(H,17,18)(H,19,20)/b16-11+. The molecule has 1 amide bonds. The summed E-state index contributed by atoms with van der Waals surface area (Å²) in [5.41, 5.74) is 3.27. The highest BCUT2D eigenvalue weighted by Crippen LogP contribution is 2.05. The van der Waals surface area contributed by atoms with Gasteiger partial charge in [-0.15, -0.1) is 0 Å². The summed E-state index contributed by atoms with van der Waals surface area (Å²) < 4.78 is 0. The van der Waals surface area contributed by atoms with E-state index in [4.69, 9.17) is 5.11 Å². The van der Waals surface area contributed by atoms with E-state index in [0.29, 0.717) is 12.8 Å². The summed E-state index contributed by atoms with van der Waals surface area (Å²) in [4.78, 5) is 25.7. The number of nitrogens with one attached hydrogen (secondary N) is 1. The molecule has 1 aromatic rings. The Morgan fingerprint density at radius 1 is 1.25 bits per heavy atom. The van der Waals surface area contributed by atoms with Crippen molar-refractivity contribution in [3.05, 3.63) is 30.1 Å². The zero-order valence-electron chi connectivity index (χ0n) is 11.3. The Morgan fingerprint density at radius 2 is 2.00 bits per heavy atom. The lowest BCUT2D eigenvalue weighted by atomic mass is 10.1. The first-order chi connectivity index (χ1) is 9.68. The van der Waals surface area contributed by atoms with E-state index in [1.165, 1.54) is 6.21 Å². The fourth-order valence-electron chi connectivity index (χ4n) is 1.60. The third-order valence-corrected chi connectivity index (χ3v) is 2.63. The lowest BCUT2D eigenvalue weighted by Gasteiger charge is -2.00. The lowest BCUT2D eigenvalue weighted by molar-refractivity contribution is -0.137. The number of carboxylic acid groups (broad SMARTS) is 1. The molecule has 6 nitrogen and oxygen atoms in total. The molecule has 2 N–H and O–H groups in total. The minimum Gasteiger partial charge on any atom is -0.481 e. The number of pyridine rings is 1. The van der Waals surface area contributed by atoms with E-state index < -0.39 is 5.97 Å². The van der Waals surface area contributed by atoms with Crippen molar-refractivity contribution < 1.29 is 14.7 Å². The Hall–Kier alpha value is -2.24. The predicted octanol–water partition coefficient (Wildman–Crippen LogP) is 1.96. The molecular weight excluding hydrogens is 258 g/mol. The molecule has 0 aromatic carbocycles. The van der Waals surface area contributed by atoms with Crippen molar-refractivity contribution in [2.75, 3.05) is 0 Å². The average Bonchev–Trinajstić information content (AvgIpc) is 2.43. The highest BCUT2D eigenvalue weighted by Gasteiger charge is 2.00. The molecule has 0 radical (unpaired) electrons. The number of carbonyl (C=O) groups excluding carboxylic acids is 1. The van der Waals surface area contributed by atoms with Gasteiger partial charge in [0.05, 0.1) is 6.21 Å². The maximum Gasteiger partial charge on any atom is 0.303 e.